The van der Waals surface area contributed by atoms with Gasteiger partial charge in [0.2, 0.25) is 4.29 Å². The van der Waals surface area contributed by atoms with Gasteiger partial charge in [0, 0.05) is 23.7 Å². The van der Waals surface area contributed by atoms with E-state index < -0.39 is 142 Å². The molecule has 4 rings (SSSR count). The van der Waals surface area contributed by atoms with Crippen molar-refractivity contribution in [2.24, 2.45) is 45.3 Å². The molecule has 0 unspecified atom stereocenters. The Balaban J connectivity index is 0.000000774. The molecule has 0 radical (unpaired) electrons. The van der Waals surface area contributed by atoms with Crippen LogP contribution in [0.15, 0.2) is 0 Å². The van der Waals surface area contributed by atoms with Crippen LogP contribution in [0.25, 0.3) is 0 Å². The SMILES string of the molecule is CC(COC(=O)C(Br)(Br)Br)(COC(=O)C(Br)(Br)Br)C(=O)OC(C)(C)C1CCNCC1.CC(COC(=O)C(Br)Br)(COC(=O)C(Br)Br)C(=O)OC(C)(C)C1CCNCC1.CCC(COC(=O)C(Br)Br)(COC(=O)C(Br)Br)C(=O)OC(C)(C)C1CCNCC1.CCC(COC(=O)C(Br)Br)(COC(=O)C(Br)Br)C(=O)OC(C)(C)C1CCNCC1. The van der Waals surface area contributed by atoms with Gasteiger partial charge in [-0.25, -0.2) is 38.4 Å². The van der Waals surface area contributed by atoms with Gasteiger partial charge in [0.25, 0.3) is 0 Å². The first-order valence-electron chi connectivity index (χ1n) is 36.2. The maximum atomic E-state index is 13.3. The molecule has 0 atom stereocenters. The molecule has 0 bridgehead atoms. The largest absolute Gasteiger partial charge is 0.463 e. The number of carbonyl (C=O) groups excluding carboxylic acids is 12. The molecule has 4 saturated heterocycles. The van der Waals surface area contributed by atoms with E-state index in [0.29, 0.717) is 0 Å². The first kappa shape index (κ1) is 116. The van der Waals surface area contributed by atoms with Crippen LogP contribution in [0.2, 0.25) is 0 Å². The van der Waals surface area contributed by atoms with Crippen LogP contribution in [0, 0.1) is 45.3 Å². The number of nitrogens with one attached hydrogen (secondary N) is 4. The quantitative estimate of drug-likeness (QED) is 0.0257. The predicted molar refractivity (Wildman–Crippen MR) is 501 cm³/mol. The molecule has 0 aromatic heterocycles. The van der Waals surface area contributed by atoms with Crippen molar-refractivity contribution in [3.63, 3.8) is 0 Å². The van der Waals surface area contributed by atoms with E-state index in [1.165, 1.54) is 6.92 Å². The molecule has 0 spiro atoms. The summed E-state index contributed by atoms with van der Waals surface area (Å²) in [5.74, 6) is -6.46. The zero-order chi connectivity index (χ0) is 89.4. The zero-order valence-electron chi connectivity index (χ0n) is 65.8. The minimum Gasteiger partial charge on any atom is -0.463 e. The summed E-state index contributed by atoms with van der Waals surface area (Å²) in [6.45, 7) is 26.2. The summed E-state index contributed by atoms with van der Waals surface area (Å²) in [5, 5.41) is 13.2. The molecular formula is C70H102Br18N4O24. The number of hydrogen-bond donors (Lipinski definition) is 4. The van der Waals surface area contributed by atoms with Crippen molar-refractivity contribution in [2.75, 3.05) is 105 Å². The van der Waals surface area contributed by atoms with E-state index in [2.05, 4.69) is 308 Å². The highest BCUT2D eigenvalue weighted by atomic mass is 80.0. The molecule has 4 heterocycles. The molecule has 0 aromatic carbocycles. The molecule has 0 saturated carbocycles. The van der Waals surface area contributed by atoms with Crippen LogP contribution in [0.3, 0.4) is 0 Å². The van der Waals surface area contributed by atoms with Crippen LogP contribution in [-0.2, 0) is 114 Å². The van der Waals surface area contributed by atoms with Gasteiger partial charge >= 0.3 is 71.6 Å². The van der Waals surface area contributed by atoms with Crippen LogP contribution in [-0.4, -0.2) is 226 Å². The molecular weight excluding hydrogens is 2720 g/mol. The van der Waals surface area contributed by atoms with Crippen LogP contribution >= 0.6 is 287 Å². The lowest BCUT2D eigenvalue weighted by molar-refractivity contribution is -0.188. The number of ether oxygens (including phenoxy) is 12. The summed E-state index contributed by atoms with van der Waals surface area (Å²) in [5.41, 5.74) is -8.22. The lowest BCUT2D eigenvalue weighted by Gasteiger charge is -2.40. The normalized spacial score (nSPS) is 16.2. The molecule has 28 nitrogen and oxygen atoms in total. The lowest BCUT2D eigenvalue weighted by Crippen LogP contribution is -2.49. The fraction of sp³-hybridized carbons (Fsp3) is 0.829. The van der Waals surface area contributed by atoms with Gasteiger partial charge in [-0.3, -0.25) is 19.2 Å². The summed E-state index contributed by atoms with van der Waals surface area (Å²) < 4.78 is 58.7. The fourth-order valence-corrected chi connectivity index (χ4v) is 13.7. The van der Waals surface area contributed by atoms with Crippen molar-refractivity contribution in [2.45, 2.75) is 196 Å². The van der Waals surface area contributed by atoms with Gasteiger partial charge in [-0.2, -0.15) is 0 Å². The first-order chi connectivity index (χ1) is 53.3. The maximum absolute atomic E-state index is 13.3. The van der Waals surface area contributed by atoms with Gasteiger partial charge in [0.1, 0.15) is 96.9 Å². The monoisotopic (exact) mass is 2800 g/mol. The lowest BCUT2D eigenvalue weighted by atomic mass is 9.82. The number of alkyl halides is 18. The number of hydrogen-bond acceptors (Lipinski definition) is 28. The highest BCUT2D eigenvalue weighted by Crippen LogP contribution is 2.42. The van der Waals surface area contributed by atoms with Gasteiger partial charge < -0.3 is 78.1 Å². The van der Waals surface area contributed by atoms with Crippen LogP contribution in [0.5, 0.6) is 0 Å². The highest BCUT2D eigenvalue weighted by Gasteiger charge is 2.51. The number of esters is 12. The number of piperidine rings is 4. The zero-order valence-corrected chi connectivity index (χ0v) is 94.3. The van der Waals surface area contributed by atoms with E-state index in [1.54, 1.807) is 20.8 Å². The average molecular weight is 2820 g/mol. The standard InChI is InChI=1S/2C18H27Br4NO6.C17H23Br6NO6.C17H25Br4NO6/c2*1-4-18(9-27-14(24)12(19)20,10-28-15(25)13(21)22)16(26)29-17(2,3)11-5-7-23-8-6-11;1-14(2,10-4-6-24-7-5-10)30-11(25)15(3,8-28-12(26)16(18,19)20)9-29-13(27)17(21,22)23;1-16(2,10-4-6-22-7-5-10)28-15(25)17(3,8-26-13(23)11(18)19)9-27-14(24)12(20)21/h2*11-13,23H,4-10H2,1-3H3;10,24H,4-9H2,1-3H3;10-12,22H,4-9H2,1-3H3. The van der Waals surface area contributed by atoms with Crippen molar-refractivity contribution in [1.82, 2.24) is 21.3 Å². The van der Waals surface area contributed by atoms with E-state index in [0.717, 1.165) is 104 Å². The smallest absolute Gasteiger partial charge is 0.344 e. The topological polar surface area (TPSA) is 364 Å². The molecule has 672 valence electrons. The average Bonchev–Trinajstić information content (AvgIpc) is 0.818. The molecule has 4 aliphatic rings. The Morgan fingerprint density at radius 2 is 0.431 bits per heavy atom. The Hall–Kier alpha value is 2.12. The number of rotatable bonds is 36. The van der Waals surface area contributed by atoms with Crippen molar-refractivity contribution in [1.29, 1.82) is 0 Å². The highest BCUT2D eigenvalue weighted by molar-refractivity contribution is 9.40. The fourth-order valence-electron chi connectivity index (χ4n) is 11.4. The van der Waals surface area contributed by atoms with E-state index in [9.17, 15) is 57.5 Å². The Bertz CT molecular complexity index is 2970. The van der Waals surface area contributed by atoms with Crippen molar-refractivity contribution in [3.05, 3.63) is 0 Å². The number of carbonyl (C=O) groups is 12. The Morgan fingerprint density at radius 1 is 0.267 bits per heavy atom. The molecule has 0 aliphatic carbocycles. The predicted octanol–water partition coefficient (Wildman–Crippen LogP) is 16.8. The summed E-state index contributed by atoms with van der Waals surface area (Å²) in [6, 6.07) is 0. The van der Waals surface area contributed by atoms with E-state index in [-0.39, 0.29) is 89.4 Å². The molecule has 116 heavy (non-hydrogen) atoms. The molecule has 0 amide bonds. The molecule has 4 aliphatic heterocycles. The minimum atomic E-state index is -1.42. The van der Waals surface area contributed by atoms with Crippen LogP contribution in [0.4, 0.5) is 0 Å². The summed E-state index contributed by atoms with van der Waals surface area (Å²) >= 11 is 55.2. The second-order valence-corrected chi connectivity index (χ2v) is 61.9. The van der Waals surface area contributed by atoms with E-state index in [1.807, 2.05) is 55.4 Å². The van der Waals surface area contributed by atoms with Crippen molar-refractivity contribution < 1.29 is 114 Å². The Labute approximate surface area is 830 Å². The summed E-state index contributed by atoms with van der Waals surface area (Å²) in [4.78, 5) is 148. The van der Waals surface area contributed by atoms with Gasteiger partial charge in [0.15, 0.2) is 22.4 Å². The van der Waals surface area contributed by atoms with Crippen LogP contribution in [0.1, 0.15) is 147 Å². The maximum Gasteiger partial charge on any atom is 0.344 e. The van der Waals surface area contributed by atoms with Crippen molar-refractivity contribution in [3.8, 4) is 0 Å². The van der Waals surface area contributed by atoms with Crippen molar-refractivity contribution >= 4 is 358 Å². The molecule has 46 heteroatoms. The molecule has 4 fully saturated rings. The third kappa shape index (κ3) is 41.7. The second-order valence-electron chi connectivity index (χ2n) is 30.1. The third-order valence-electron chi connectivity index (χ3n) is 19.5. The second kappa shape index (κ2) is 54.6. The van der Waals surface area contributed by atoms with Gasteiger partial charge in [-0.1, -0.05) is 205 Å². The third-order valence-corrected chi connectivity index (χ3v) is 26.0. The first-order valence-corrected chi connectivity index (χ1v) is 52.0. The minimum absolute atomic E-state index is 0.178. The van der Waals surface area contributed by atoms with Gasteiger partial charge in [-0.15, -0.1) is 0 Å². The van der Waals surface area contributed by atoms with Gasteiger partial charge in [-0.05, 0) is 281 Å². The summed E-state index contributed by atoms with van der Waals surface area (Å²) in [6.07, 6.45) is 7.65. The molecule has 0 aromatic rings. The van der Waals surface area contributed by atoms with Crippen LogP contribution < -0.4 is 21.3 Å². The molecule has 4 N–H and O–H groups in total. The van der Waals surface area contributed by atoms with E-state index in [4.69, 9.17) is 56.8 Å². The number of halogens is 18. The van der Waals surface area contributed by atoms with E-state index >= 15 is 0 Å². The summed E-state index contributed by atoms with van der Waals surface area (Å²) in [7, 11) is 0. The Kier molecular flexibility index (Phi) is 54.6. The Morgan fingerprint density at radius 3 is 0.595 bits per heavy atom. The van der Waals surface area contributed by atoms with Gasteiger partial charge in [0.05, 0.1) is 0 Å².